The van der Waals surface area contributed by atoms with Crippen molar-refractivity contribution < 1.29 is 19.3 Å². The van der Waals surface area contributed by atoms with Crippen molar-refractivity contribution in [3.8, 4) is 11.5 Å². The normalized spacial score (nSPS) is 19.9. The Bertz CT molecular complexity index is 431. The molecule has 4 nitrogen and oxygen atoms in total. The summed E-state index contributed by atoms with van der Waals surface area (Å²) in [5.74, 6) is -0.461. The molecule has 1 unspecified atom stereocenters. The third kappa shape index (κ3) is 2.74. The molecule has 0 spiro atoms. The van der Waals surface area contributed by atoms with Crippen molar-refractivity contribution >= 4 is 46.4 Å². The zero-order valence-electron chi connectivity index (χ0n) is 8.88. The molecule has 0 amide bonds. The smallest absolute Gasteiger partial charge is 0.223 e. The summed E-state index contributed by atoms with van der Waals surface area (Å²) >= 11 is 23.4. The molecule has 1 saturated heterocycles. The summed E-state index contributed by atoms with van der Waals surface area (Å²) in [6.07, 6.45) is -0.685. The van der Waals surface area contributed by atoms with Crippen LogP contribution < -0.4 is 4.74 Å². The molecule has 1 aromatic rings. The van der Waals surface area contributed by atoms with E-state index in [1.165, 1.54) is 0 Å². The first-order valence-electron chi connectivity index (χ1n) is 4.93. The van der Waals surface area contributed by atoms with Crippen molar-refractivity contribution in [2.75, 3.05) is 19.8 Å². The van der Waals surface area contributed by atoms with Gasteiger partial charge in [0.1, 0.15) is 16.7 Å². The molecule has 8 heteroatoms. The maximum Gasteiger partial charge on any atom is 0.223 e. The molecular formula is C10H8Cl4O4. The summed E-state index contributed by atoms with van der Waals surface area (Å²) in [7, 11) is 0. The summed E-state index contributed by atoms with van der Waals surface area (Å²) in [5.41, 5.74) is 0. The van der Waals surface area contributed by atoms with Crippen LogP contribution in [0.2, 0.25) is 20.1 Å². The molecule has 1 atom stereocenters. The zero-order chi connectivity index (χ0) is 13.3. The van der Waals surface area contributed by atoms with Crippen molar-refractivity contribution in [2.24, 2.45) is 0 Å². The highest BCUT2D eigenvalue weighted by molar-refractivity contribution is 6.52. The van der Waals surface area contributed by atoms with E-state index in [0.717, 1.165) is 0 Å². The monoisotopic (exact) mass is 332 g/mol. The number of phenols is 1. The van der Waals surface area contributed by atoms with Crippen molar-refractivity contribution in [3.05, 3.63) is 20.1 Å². The molecule has 0 saturated carbocycles. The van der Waals surface area contributed by atoms with E-state index in [1.807, 2.05) is 0 Å². The Labute approximate surface area is 123 Å². The molecule has 0 aliphatic carbocycles. The van der Waals surface area contributed by atoms with Crippen molar-refractivity contribution in [2.45, 2.75) is 6.29 Å². The fourth-order valence-corrected chi connectivity index (χ4v) is 2.24. The summed E-state index contributed by atoms with van der Waals surface area (Å²) in [6.45, 7) is 1.09. The third-order valence-corrected chi connectivity index (χ3v) is 4.01. The molecule has 1 fully saturated rings. The van der Waals surface area contributed by atoms with Crippen LogP contribution in [-0.4, -0.2) is 31.2 Å². The Morgan fingerprint density at radius 2 is 1.67 bits per heavy atom. The lowest BCUT2D eigenvalue weighted by Crippen LogP contribution is -2.33. The van der Waals surface area contributed by atoms with Gasteiger partial charge in [-0.2, -0.15) is 0 Å². The average Bonchev–Trinajstić information content (AvgIpc) is 2.40. The topological polar surface area (TPSA) is 47.9 Å². The van der Waals surface area contributed by atoms with E-state index in [-0.39, 0.29) is 38.2 Å². The number of halogens is 4. The molecule has 0 radical (unpaired) electrons. The van der Waals surface area contributed by atoms with Gasteiger partial charge in [-0.15, -0.1) is 0 Å². The number of hydrogen-bond acceptors (Lipinski definition) is 4. The number of ether oxygens (including phenoxy) is 3. The molecule has 1 aromatic carbocycles. The minimum absolute atomic E-state index is 0.00728. The lowest BCUT2D eigenvalue weighted by Gasteiger charge is -2.25. The summed E-state index contributed by atoms with van der Waals surface area (Å²) in [6, 6.07) is 0. The van der Waals surface area contributed by atoms with Crippen LogP contribution in [0.4, 0.5) is 0 Å². The highest BCUT2D eigenvalue weighted by atomic mass is 35.5. The molecule has 0 bridgehead atoms. The molecule has 1 aliphatic rings. The highest BCUT2D eigenvalue weighted by Gasteiger charge is 2.25. The van der Waals surface area contributed by atoms with E-state index in [2.05, 4.69) is 0 Å². The quantitative estimate of drug-likeness (QED) is 0.661. The zero-order valence-corrected chi connectivity index (χ0v) is 11.9. The van der Waals surface area contributed by atoms with E-state index < -0.39 is 6.29 Å². The molecule has 100 valence electrons. The molecule has 1 aliphatic heterocycles. The van der Waals surface area contributed by atoms with Gasteiger partial charge in [0.2, 0.25) is 6.29 Å². The van der Waals surface area contributed by atoms with E-state index in [1.54, 1.807) is 0 Å². The first-order chi connectivity index (χ1) is 8.52. The van der Waals surface area contributed by atoms with E-state index in [0.29, 0.717) is 13.2 Å². The highest BCUT2D eigenvalue weighted by Crippen LogP contribution is 2.49. The Kier molecular flexibility index (Phi) is 4.69. The van der Waals surface area contributed by atoms with Crippen molar-refractivity contribution in [3.63, 3.8) is 0 Å². The number of phenolic OH excluding ortho intramolecular Hbond substituents is 1. The van der Waals surface area contributed by atoms with E-state index >= 15 is 0 Å². The average molecular weight is 334 g/mol. The van der Waals surface area contributed by atoms with Gasteiger partial charge in [0.25, 0.3) is 0 Å². The molecule has 1 heterocycles. The second kappa shape index (κ2) is 5.90. The van der Waals surface area contributed by atoms with Gasteiger partial charge in [-0.05, 0) is 0 Å². The van der Waals surface area contributed by atoms with Crippen LogP contribution in [0.1, 0.15) is 0 Å². The van der Waals surface area contributed by atoms with Crippen LogP contribution in [0.15, 0.2) is 0 Å². The van der Waals surface area contributed by atoms with Gasteiger partial charge >= 0.3 is 0 Å². The predicted octanol–water partition coefficient (Wildman–Crippen LogP) is 3.76. The Hall–Kier alpha value is -0.100. The van der Waals surface area contributed by atoms with Crippen LogP contribution in [0, 0.1) is 0 Å². The van der Waals surface area contributed by atoms with Gasteiger partial charge in [-0.1, -0.05) is 46.4 Å². The first-order valence-corrected chi connectivity index (χ1v) is 6.44. The van der Waals surface area contributed by atoms with Crippen LogP contribution in [0.25, 0.3) is 0 Å². The maximum absolute atomic E-state index is 9.83. The number of benzene rings is 1. The minimum atomic E-state index is -0.685. The summed E-state index contributed by atoms with van der Waals surface area (Å²) < 4.78 is 15.8. The van der Waals surface area contributed by atoms with Gasteiger partial charge in [-0.3, -0.25) is 0 Å². The van der Waals surface area contributed by atoms with Gasteiger partial charge in [0.15, 0.2) is 11.5 Å². The second-order valence-electron chi connectivity index (χ2n) is 3.43. The van der Waals surface area contributed by atoms with Crippen molar-refractivity contribution in [1.29, 1.82) is 0 Å². The van der Waals surface area contributed by atoms with E-state index in [9.17, 15) is 5.11 Å². The second-order valence-corrected chi connectivity index (χ2v) is 4.94. The van der Waals surface area contributed by atoms with Gasteiger partial charge in [-0.25, -0.2) is 0 Å². The number of aromatic hydroxyl groups is 1. The van der Waals surface area contributed by atoms with Crippen LogP contribution in [0.3, 0.4) is 0 Å². The van der Waals surface area contributed by atoms with Crippen molar-refractivity contribution in [1.82, 2.24) is 0 Å². The maximum atomic E-state index is 9.83. The van der Waals surface area contributed by atoms with Crippen LogP contribution in [0.5, 0.6) is 11.5 Å². The van der Waals surface area contributed by atoms with Crippen LogP contribution >= 0.6 is 46.4 Å². The third-order valence-electron chi connectivity index (χ3n) is 2.24. The molecule has 0 aromatic heterocycles. The Morgan fingerprint density at radius 1 is 1.00 bits per heavy atom. The first kappa shape index (κ1) is 14.3. The fraction of sp³-hybridized carbons (Fsp3) is 0.400. The molecular weight excluding hydrogens is 326 g/mol. The van der Waals surface area contributed by atoms with E-state index in [4.69, 9.17) is 60.6 Å². The lowest BCUT2D eigenvalue weighted by molar-refractivity contribution is -0.171. The lowest BCUT2D eigenvalue weighted by atomic mass is 10.3. The Morgan fingerprint density at radius 3 is 2.28 bits per heavy atom. The van der Waals surface area contributed by atoms with Gasteiger partial charge < -0.3 is 19.3 Å². The summed E-state index contributed by atoms with van der Waals surface area (Å²) in [5, 5.41) is 9.65. The minimum Gasteiger partial charge on any atom is -0.503 e. The molecule has 2 rings (SSSR count). The Balaban J connectivity index is 2.32. The van der Waals surface area contributed by atoms with Gasteiger partial charge in [0.05, 0.1) is 23.3 Å². The fourth-order valence-electron chi connectivity index (χ4n) is 1.37. The van der Waals surface area contributed by atoms with Gasteiger partial charge in [0, 0.05) is 0 Å². The van der Waals surface area contributed by atoms with Crippen LogP contribution in [-0.2, 0) is 9.47 Å². The predicted molar refractivity (Wildman–Crippen MR) is 69.3 cm³/mol. The summed E-state index contributed by atoms with van der Waals surface area (Å²) in [4.78, 5) is 0. The number of rotatable bonds is 2. The SMILES string of the molecule is Oc1c(Cl)c(Cl)c(Cl)c(Cl)c1OC1COCCO1. The standard InChI is InChI=1S/C10H8Cl4O4/c11-5-6(12)8(14)10(9(15)7(5)13)18-4-3-16-1-2-17-4/h4,15H,1-3H2. The molecule has 18 heavy (non-hydrogen) atoms. The molecule has 1 N–H and O–H groups in total. The number of hydrogen-bond donors (Lipinski definition) is 1. The largest absolute Gasteiger partial charge is 0.503 e.